The van der Waals surface area contributed by atoms with Crippen molar-refractivity contribution < 1.29 is 4.79 Å². The van der Waals surface area contributed by atoms with Crippen molar-refractivity contribution in [2.24, 2.45) is 0 Å². The molecule has 1 heterocycles. The average Bonchev–Trinajstić information content (AvgIpc) is 2.61. The summed E-state index contributed by atoms with van der Waals surface area (Å²) in [6.07, 6.45) is 2.57. The maximum absolute atomic E-state index is 12.3. The summed E-state index contributed by atoms with van der Waals surface area (Å²) in [7, 11) is 0. The number of hydrogen-bond acceptors (Lipinski definition) is 3. The number of nitrogens with one attached hydrogen (secondary N) is 1. The Balaban J connectivity index is 1.72. The molecule has 24 heavy (non-hydrogen) atoms. The van der Waals surface area contributed by atoms with Gasteiger partial charge in [-0.2, -0.15) is 5.26 Å². The highest BCUT2D eigenvalue weighted by Gasteiger charge is 2.16. The van der Waals surface area contributed by atoms with E-state index in [1.54, 1.807) is 18.3 Å². The molecule has 0 fully saturated rings. The summed E-state index contributed by atoms with van der Waals surface area (Å²) in [6, 6.07) is 17.5. The third kappa shape index (κ3) is 3.84. The van der Waals surface area contributed by atoms with Crippen LogP contribution < -0.4 is 5.32 Å². The fourth-order valence-electron chi connectivity index (χ4n) is 2.68. The zero-order valence-corrected chi connectivity index (χ0v) is 14.6. The lowest BCUT2D eigenvalue weighted by Crippen LogP contribution is -2.27. The van der Waals surface area contributed by atoms with Gasteiger partial charge in [-0.3, -0.25) is 4.79 Å². The molecule has 0 bridgehead atoms. The van der Waals surface area contributed by atoms with E-state index in [2.05, 4.69) is 33.4 Å². The van der Waals surface area contributed by atoms with E-state index in [4.69, 9.17) is 0 Å². The zero-order valence-electron chi connectivity index (χ0n) is 13.0. The van der Waals surface area contributed by atoms with Crippen molar-refractivity contribution in [1.29, 1.82) is 5.26 Å². The lowest BCUT2D eigenvalue weighted by Gasteiger charge is -2.27. The predicted molar refractivity (Wildman–Crippen MR) is 97.0 cm³/mol. The fourth-order valence-corrected chi connectivity index (χ4v) is 2.94. The summed E-state index contributed by atoms with van der Waals surface area (Å²) < 4.78 is 0.934. The molecule has 2 aromatic carbocycles. The van der Waals surface area contributed by atoms with Gasteiger partial charge >= 0.3 is 0 Å². The van der Waals surface area contributed by atoms with Gasteiger partial charge in [0.1, 0.15) is 11.6 Å². The Labute approximate surface area is 149 Å². The second-order valence-electron chi connectivity index (χ2n) is 5.60. The number of benzene rings is 2. The predicted octanol–water partition coefficient (Wildman–Crippen LogP) is 3.85. The van der Waals surface area contributed by atoms with Crippen LogP contribution in [0.1, 0.15) is 11.1 Å². The Morgan fingerprint density at radius 1 is 1.17 bits per heavy atom. The summed E-state index contributed by atoms with van der Waals surface area (Å²) in [4.78, 5) is 14.3. The fraction of sp³-hybridized carbons (Fsp3) is 0.158. The maximum atomic E-state index is 12.3. The quantitative estimate of drug-likeness (QED) is 0.648. The van der Waals surface area contributed by atoms with Crippen molar-refractivity contribution in [3.05, 3.63) is 75.9 Å². The molecule has 3 rings (SSSR count). The molecule has 1 aliphatic heterocycles. The summed E-state index contributed by atoms with van der Waals surface area (Å²) in [5.41, 5.74) is 3.34. The van der Waals surface area contributed by atoms with E-state index in [1.165, 1.54) is 11.1 Å². The maximum Gasteiger partial charge on any atom is 0.267 e. The first-order valence-electron chi connectivity index (χ1n) is 7.65. The van der Waals surface area contributed by atoms with Crippen LogP contribution in [0.4, 0.5) is 5.69 Å². The number of hydrogen-bond donors (Lipinski definition) is 1. The normalized spacial score (nSPS) is 13.8. The first-order valence-corrected chi connectivity index (χ1v) is 8.44. The smallest absolute Gasteiger partial charge is 0.267 e. The number of anilines is 1. The molecule has 1 aliphatic rings. The van der Waals surface area contributed by atoms with Gasteiger partial charge in [-0.05, 0) is 41.8 Å². The number of carbonyl (C=O) groups excluding carboxylic acids is 1. The molecule has 0 saturated carbocycles. The first kappa shape index (κ1) is 16.3. The Bertz CT molecular complexity index is 821. The van der Waals surface area contributed by atoms with E-state index in [-0.39, 0.29) is 5.57 Å². The highest BCUT2D eigenvalue weighted by atomic mass is 79.9. The van der Waals surface area contributed by atoms with Crippen LogP contribution in [-0.4, -0.2) is 17.4 Å². The first-order chi connectivity index (χ1) is 11.7. The lowest BCUT2D eigenvalue weighted by atomic mass is 10.0. The molecule has 4 nitrogen and oxygen atoms in total. The van der Waals surface area contributed by atoms with E-state index in [0.29, 0.717) is 12.2 Å². The second kappa shape index (κ2) is 7.33. The van der Waals surface area contributed by atoms with E-state index >= 15 is 0 Å². The van der Waals surface area contributed by atoms with Crippen molar-refractivity contribution in [2.75, 3.05) is 11.9 Å². The van der Waals surface area contributed by atoms with Crippen molar-refractivity contribution >= 4 is 27.5 Å². The number of fused-ring (bicyclic) bond motifs is 1. The number of amides is 1. The van der Waals surface area contributed by atoms with Gasteiger partial charge in [0.2, 0.25) is 0 Å². The van der Waals surface area contributed by atoms with E-state index < -0.39 is 5.91 Å². The summed E-state index contributed by atoms with van der Waals surface area (Å²) >= 11 is 3.35. The van der Waals surface area contributed by atoms with Crippen LogP contribution in [0.2, 0.25) is 0 Å². The van der Waals surface area contributed by atoms with Crippen LogP contribution in [0.15, 0.2) is 64.8 Å². The Hall–Kier alpha value is -2.58. The molecule has 0 radical (unpaired) electrons. The van der Waals surface area contributed by atoms with Crippen LogP contribution in [0.3, 0.4) is 0 Å². The molecule has 0 atom stereocenters. The Kier molecular flexibility index (Phi) is 4.97. The Morgan fingerprint density at radius 3 is 2.58 bits per heavy atom. The van der Waals surface area contributed by atoms with E-state index in [1.807, 2.05) is 35.2 Å². The summed E-state index contributed by atoms with van der Waals surface area (Å²) in [6.45, 7) is 1.51. The van der Waals surface area contributed by atoms with Crippen LogP contribution in [0.5, 0.6) is 0 Å². The molecule has 0 unspecified atom stereocenters. The van der Waals surface area contributed by atoms with Gasteiger partial charge in [0.25, 0.3) is 5.91 Å². The van der Waals surface area contributed by atoms with Crippen LogP contribution in [0.25, 0.3) is 0 Å². The molecule has 2 aromatic rings. The highest BCUT2D eigenvalue weighted by molar-refractivity contribution is 9.10. The van der Waals surface area contributed by atoms with Gasteiger partial charge < -0.3 is 10.2 Å². The Morgan fingerprint density at radius 2 is 1.88 bits per heavy atom. The van der Waals surface area contributed by atoms with E-state index in [9.17, 15) is 10.1 Å². The third-order valence-corrected chi connectivity index (χ3v) is 4.47. The van der Waals surface area contributed by atoms with Gasteiger partial charge in [-0.25, -0.2) is 0 Å². The monoisotopic (exact) mass is 381 g/mol. The topological polar surface area (TPSA) is 56.1 Å². The molecule has 0 aromatic heterocycles. The molecule has 1 N–H and O–H groups in total. The molecule has 120 valence electrons. The third-order valence-electron chi connectivity index (χ3n) is 3.94. The van der Waals surface area contributed by atoms with Gasteiger partial charge in [-0.1, -0.05) is 40.2 Å². The van der Waals surface area contributed by atoms with Crippen LogP contribution >= 0.6 is 15.9 Å². The van der Waals surface area contributed by atoms with Gasteiger partial charge in [0.05, 0.1) is 0 Å². The zero-order chi connectivity index (χ0) is 16.9. The van der Waals surface area contributed by atoms with Crippen molar-refractivity contribution in [3.8, 4) is 6.07 Å². The molecular formula is C19H16BrN3O. The van der Waals surface area contributed by atoms with Gasteiger partial charge in [0, 0.05) is 29.4 Å². The van der Waals surface area contributed by atoms with Crippen molar-refractivity contribution in [2.45, 2.75) is 13.0 Å². The summed E-state index contributed by atoms with van der Waals surface area (Å²) in [5.74, 6) is -0.390. The standard InChI is InChI=1S/C19H16BrN3O/c20-17-5-7-18(8-6-17)22-19(24)16(11-21)13-23-10-9-14-3-1-2-4-15(14)12-23/h1-8,13H,9-10,12H2,(H,22,24)/b16-13-. The minimum absolute atomic E-state index is 0.109. The van der Waals surface area contributed by atoms with E-state index in [0.717, 1.165) is 17.4 Å². The van der Waals surface area contributed by atoms with Crippen molar-refractivity contribution in [1.82, 2.24) is 4.90 Å². The van der Waals surface area contributed by atoms with Crippen LogP contribution in [0, 0.1) is 11.3 Å². The lowest BCUT2D eigenvalue weighted by molar-refractivity contribution is -0.112. The number of halogens is 1. The molecule has 1 amide bonds. The number of carbonyl (C=O) groups is 1. The molecule has 0 spiro atoms. The largest absolute Gasteiger partial charge is 0.371 e. The molecule has 0 saturated heterocycles. The summed E-state index contributed by atoms with van der Waals surface area (Å²) in [5, 5.41) is 12.1. The molecule has 5 heteroatoms. The van der Waals surface area contributed by atoms with Crippen molar-refractivity contribution in [3.63, 3.8) is 0 Å². The molecule has 0 aliphatic carbocycles. The average molecular weight is 382 g/mol. The minimum atomic E-state index is -0.390. The SMILES string of the molecule is N#C/C(=C/N1CCc2ccccc2C1)C(=O)Nc1ccc(Br)cc1. The van der Waals surface area contributed by atoms with Gasteiger partial charge in [0.15, 0.2) is 0 Å². The highest BCUT2D eigenvalue weighted by Crippen LogP contribution is 2.20. The minimum Gasteiger partial charge on any atom is -0.371 e. The molecular weight excluding hydrogens is 366 g/mol. The van der Waals surface area contributed by atoms with Crippen LogP contribution in [-0.2, 0) is 17.8 Å². The number of rotatable bonds is 3. The number of nitrogens with zero attached hydrogens (tertiary/aromatic N) is 2. The second-order valence-corrected chi connectivity index (χ2v) is 6.52. The number of nitriles is 1. The van der Waals surface area contributed by atoms with Gasteiger partial charge in [-0.15, -0.1) is 0 Å².